The van der Waals surface area contributed by atoms with E-state index in [1.54, 1.807) is 24.8 Å². The molecule has 34 heavy (non-hydrogen) atoms. The molecule has 1 N–H and O–H groups in total. The van der Waals surface area contributed by atoms with Gasteiger partial charge in [-0.25, -0.2) is 9.98 Å². The topological polar surface area (TPSA) is 86.1 Å². The summed E-state index contributed by atoms with van der Waals surface area (Å²) in [5, 5.41) is 2.75. The molecule has 0 spiro atoms. The van der Waals surface area contributed by atoms with E-state index in [1.165, 1.54) is 6.08 Å². The first-order valence-corrected chi connectivity index (χ1v) is 11.0. The number of rotatable bonds is 6. The van der Waals surface area contributed by atoms with Gasteiger partial charge in [0.05, 0.1) is 29.5 Å². The third-order valence-electron chi connectivity index (χ3n) is 5.60. The molecule has 4 rings (SSSR count). The highest BCUT2D eigenvalue weighted by molar-refractivity contribution is 6.34. The summed E-state index contributed by atoms with van der Waals surface area (Å²) in [6.45, 7) is 11.0. The lowest BCUT2D eigenvalue weighted by Crippen LogP contribution is -2.44. The summed E-state index contributed by atoms with van der Waals surface area (Å²) in [5.41, 5.74) is 4.50. The van der Waals surface area contributed by atoms with Gasteiger partial charge in [0.2, 0.25) is 5.91 Å². The first-order chi connectivity index (χ1) is 16.6. The van der Waals surface area contributed by atoms with Gasteiger partial charge in [-0.3, -0.25) is 14.8 Å². The molecule has 2 aromatic rings. The van der Waals surface area contributed by atoms with Gasteiger partial charge in [-0.15, -0.1) is 0 Å². The fourth-order valence-corrected chi connectivity index (χ4v) is 3.77. The predicted molar refractivity (Wildman–Crippen MR) is 139 cm³/mol. The molecule has 0 saturated carbocycles. The SMILES string of the molecule is C=CC(=O)Nc1cncc(C2=CC=C/C(=C/N=C)C2=Nc2ccc(N3CCN(C)CC3)nc2)c1. The molecule has 0 atom stereocenters. The van der Waals surface area contributed by atoms with Crippen molar-refractivity contribution in [3.63, 3.8) is 0 Å². The molecule has 2 aliphatic rings. The van der Waals surface area contributed by atoms with Gasteiger partial charge >= 0.3 is 0 Å². The van der Waals surface area contributed by atoms with Crippen LogP contribution >= 0.6 is 0 Å². The van der Waals surface area contributed by atoms with Gasteiger partial charge in [-0.1, -0.05) is 24.8 Å². The molecule has 1 saturated heterocycles. The lowest BCUT2D eigenvalue weighted by molar-refractivity contribution is -0.111. The molecule has 0 radical (unpaired) electrons. The Balaban J connectivity index is 1.65. The number of nitrogens with one attached hydrogen (secondary N) is 1. The van der Waals surface area contributed by atoms with E-state index >= 15 is 0 Å². The van der Waals surface area contributed by atoms with E-state index in [4.69, 9.17) is 4.99 Å². The van der Waals surface area contributed by atoms with Crippen molar-refractivity contribution in [2.45, 2.75) is 0 Å². The lowest BCUT2D eigenvalue weighted by atomic mass is 9.92. The fraction of sp³-hybridized carbons (Fsp3) is 0.192. The smallest absolute Gasteiger partial charge is 0.247 e. The Morgan fingerprint density at radius 2 is 2.00 bits per heavy atom. The van der Waals surface area contributed by atoms with E-state index in [0.717, 1.165) is 60.1 Å². The first kappa shape index (κ1) is 23.0. The summed E-state index contributed by atoms with van der Waals surface area (Å²) in [7, 11) is 2.13. The molecular weight excluding hydrogens is 426 g/mol. The Labute approximate surface area is 199 Å². The average Bonchev–Trinajstić information content (AvgIpc) is 2.86. The summed E-state index contributed by atoms with van der Waals surface area (Å²) in [6.07, 6.45) is 13.8. The summed E-state index contributed by atoms with van der Waals surface area (Å²) in [5.74, 6) is 0.656. The number of carbonyl (C=O) groups is 1. The zero-order chi connectivity index (χ0) is 23.9. The Morgan fingerprint density at radius 3 is 2.71 bits per heavy atom. The molecule has 0 aromatic carbocycles. The van der Waals surface area contributed by atoms with Crippen molar-refractivity contribution in [3.05, 3.63) is 85.0 Å². The molecule has 1 amide bonds. The standard InChI is InChI=1S/C26H27N7O/c1-4-25(34)30-22-14-20(16-28-17-22)23-7-5-6-19(15-27-2)26(23)31-21-8-9-24(29-18-21)33-12-10-32(3)11-13-33/h4-9,14-18H,1-2,10-13H2,3H3,(H,30,34)/b19-15-,31-26?. The number of pyridine rings is 2. The quantitative estimate of drug-likeness (QED) is 0.533. The number of piperazine rings is 1. The van der Waals surface area contributed by atoms with Crippen molar-refractivity contribution in [1.29, 1.82) is 0 Å². The summed E-state index contributed by atoms with van der Waals surface area (Å²) >= 11 is 0. The molecule has 8 nitrogen and oxygen atoms in total. The molecule has 0 bridgehead atoms. The van der Waals surface area contributed by atoms with Crippen molar-refractivity contribution in [3.8, 4) is 0 Å². The number of allylic oxidation sites excluding steroid dienone is 5. The second kappa shape index (κ2) is 10.6. The Kier molecular flexibility index (Phi) is 7.19. The van der Waals surface area contributed by atoms with Crippen molar-refractivity contribution >= 4 is 41.1 Å². The summed E-state index contributed by atoms with van der Waals surface area (Å²) in [6, 6.07) is 5.83. The van der Waals surface area contributed by atoms with Crippen LogP contribution in [-0.4, -0.2) is 66.4 Å². The summed E-state index contributed by atoms with van der Waals surface area (Å²) in [4.78, 5) is 34.1. The first-order valence-electron chi connectivity index (χ1n) is 11.0. The van der Waals surface area contributed by atoms with Crippen molar-refractivity contribution in [2.24, 2.45) is 9.98 Å². The van der Waals surface area contributed by atoms with E-state index in [1.807, 2.05) is 36.4 Å². The number of aromatic nitrogens is 2. The third kappa shape index (κ3) is 5.41. The molecule has 8 heteroatoms. The van der Waals surface area contributed by atoms with Crippen LogP contribution in [0.15, 0.2) is 89.4 Å². The van der Waals surface area contributed by atoms with E-state index in [9.17, 15) is 4.79 Å². The maximum Gasteiger partial charge on any atom is 0.247 e. The lowest BCUT2D eigenvalue weighted by Gasteiger charge is -2.33. The van der Waals surface area contributed by atoms with Gasteiger partial charge in [-0.05, 0) is 38.0 Å². The van der Waals surface area contributed by atoms with Crippen LogP contribution in [0.1, 0.15) is 5.56 Å². The largest absolute Gasteiger partial charge is 0.354 e. The maximum atomic E-state index is 11.7. The van der Waals surface area contributed by atoms with E-state index in [2.05, 4.69) is 50.4 Å². The average molecular weight is 454 g/mol. The zero-order valence-electron chi connectivity index (χ0n) is 19.2. The highest BCUT2D eigenvalue weighted by atomic mass is 16.1. The number of likely N-dealkylation sites (N-methyl/N-ethyl adjacent to an activating group) is 1. The molecule has 1 fully saturated rings. The second-order valence-electron chi connectivity index (χ2n) is 7.99. The zero-order valence-corrected chi connectivity index (χ0v) is 19.2. The van der Waals surface area contributed by atoms with Gasteiger partial charge in [-0.2, -0.15) is 0 Å². The van der Waals surface area contributed by atoms with Crippen LogP contribution in [0.25, 0.3) is 5.57 Å². The van der Waals surface area contributed by atoms with Gasteiger partial charge in [0.15, 0.2) is 0 Å². The number of hydrogen-bond donors (Lipinski definition) is 1. The second-order valence-corrected chi connectivity index (χ2v) is 7.99. The Morgan fingerprint density at radius 1 is 1.18 bits per heavy atom. The minimum absolute atomic E-state index is 0.298. The molecule has 1 aliphatic heterocycles. The van der Waals surface area contributed by atoms with E-state index in [-0.39, 0.29) is 5.91 Å². The maximum absolute atomic E-state index is 11.7. The Bertz CT molecular complexity index is 1200. The molecule has 3 heterocycles. The fourth-order valence-electron chi connectivity index (χ4n) is 3.77. The third-order valence-corrected chi connectivity index (χ3v) is 5.60. The van der Waals surface area contributed by atoms with Gasteiger partial charge in [0, 0.05) is 55.3 Å². The van der Waals surface area contributed by atoms with Gasteiger partial charge in [0.1, 0.15) is 5.82 Å². The van der Waals surface area contributed by atoms with Crippen molar-refractivity contribution in [2.75, 3.05) is 43.4 Å². The monoisotopic (exact) mass is 453 g/mol. The summed E-state index contributed by atoms with van der Waals surface area (Å²) < 4.78 is 0. The van der Waals surface area contributed by atoms with Crippen LogP contribution in [-0.2, 0) is 4.79 Å². The number of carbonyl (C=O) groups excluding carboxylic acids is 1. The van der Waals surface area contributed by atoms with E-state index in [0.29, 0.717) is 5.69 Å². The van der Waals surface area contributed by atoms with Gasteiger partial charge < -0.3 is 15.1 Å². The molecule has 0 unspecified atom stereocenters. The highest BCUT2D eigenvalue weighted by Gasteiger charge is 2.18. The van der Waals surface area contributed by atoms with Crippen LogP contribution in [0, 0.1) is 0 Å². The van der Waals surface area contributed by atoms with Gasteiger partial charge in [0.25, 0.3) is 0 Å². The van der Waals surface area contributed by atoms with Crippen molar-refractivity contribution in [1.82, 2.24) is 14.9 Å². The predicted octanol–water partition coefficient (Wildman–Crippen LogP) is 3.66. The van der Waals surface area contributed by atoms with Crippen LogP contribution in [0.3, 0.4) is 0 Å². The van der Waals surface area contributed by atoms with Crippen LogP contribution in [0.5, 0.6) is 0 Å². The van der Waals surface area contributed by atoms with Crippen molar-refractivity contribution < 1.29 is 4.79 Å². The minimum Gasteiger partial charge on any atom is -0.354 e. The number of amides is 1. The normalized spacial score (nSPS) is 18.6. The van der Waals surface area contributed by atoms with Crippen LogP contribution in [0.2, 0.25) is 0 Å². The minimum atomic E-state index is -0.298. The molecule has 172 valence electrons. The highest BCUT2D eigenvalue weighted by Crippen LogP contribution is 2.29. The van der Waals surface area contributed by atoms with Crippen LogP contribution < -0.4 is 10.2 Å². The number of anilines is 2. The molecule has 2 aromatic heterocycles. The number of hydrogen-bond acceptors (Lipinski definition) is 7. The Hall–Kier alpha value is -4.17. The number of nitrogens with zero attached hydrogens (tertiary/aromatic N) is 6. The van der Waals surface area contributed by atoms with Crippen LogP contribution in [0.4, 0.5) is 17.2 Å². The van der Waals surface area contributed by atoms with E-state index < -0.39 is 0 Å². The molecular formula is C26H27N7O. The number of aliphatic imine (C=N–C) groups is 2. The molecule has 1 aliphatic carbocycles.